The van der Waals surface area contributed by atoms with Crippen molar-refractivity contribution in [2.45, 2.75) is 64.3 Å². The molecule has 0 spiro atoms. The SMILES string of the molecule is CC1(C)[C@H]2CC[C@@H](CN3CCC(n4c([C@@H]5CCNC5)nc5cc(F)ccc54)CC3)[C@H]1C2. The maximum atomic E-state index is 13.9. The van der Waals surface area contributed by atoms with Crippen molar-refractivity contribution in [1.82, 2.24) is 19.8 Å². The van der Waals surface area contributed by atoms with Crippen molar-refractivity contribution in [2.24, 2.45) is 23.2 Å². The van der Waals surface area contributed by atoms with E-state index in [1.54, 1.807) is 12.1 Å². The van der Waals surface area contributed by atoms with Crippen molar-refractivity contribution in [3.63, 3.8) is 0 Å². The molecule has 2 saturated heterocycles. The Morgan fingerprint density at radius 3 is 2.68 bits per heavy atom. The van der Waals surface area contributed by atoms with Gasteiger partial charge in [-0.3, -0.25) is 0 Å². The van der Waals surface area contributed by atoms with E-state index in [0.717, 1.165) is 48.3 Å². The molecule has 0 radical (unpaired) electrons. The maximum Gasteiger partial charge on any atom is 0.125 e. The van der Waals surface area contributed by atoms with Gasteiger partial charge in [-0.25, -0.2) is 9.37 Å². The third kappa shape index (κ3) is 3.34. The van der Waals surface area contributed by atoms with Gasteiger partial charge in [-0.1, -0.05) is 13.8 Å². The van der Waals surface area contributed by atoms with Crippen molar-refractivity contribution in [3.8, 4) is 0 Å². The van der Waals surface area contributed by atoms with Crippen LogP contribution in [0, 0.1) is 29.0 Å². The van der Waals surface area contributed by atoms with Crippen LogP contribution in [0.1, 0.15) is 70.2 Å². The topological polar surface area (TPSA) is 33.1 Å². The van der Waals surface area contributed by atoms with E-state index in [4.69, 9.17) is 4.98 Å². The average molecular weight is 425 g/mol. The number of nitrogens with zero attached hydrogens (tertiary/aromatic N) is 3. The van der Waals surface area contributed by atoms with Gasteiger partial charge in [-0.2, -0.15) is 0 Å². The van der Waals surface area contributed by atoms with E-state index in [-0.39, 0.29) is 5.82 Å². The van der Waals surface area contributed by atoms with Gasteiger partial charge in [-0.05, 0) is 80.4 Å². The predicted molar refractivity (Wildman–Crippen MR) is 123 cm³/mol. The van der Waals surface area contributed by atoms with Crippen LogP contribution in [-0.2, 0) is 0 Å². The van der Waals surface area contributed by atoms with Gasteiger partial charge in [0.2, 0.25) is 0 Å². The van der Waals surface area contributed by atoms with E-state index >= 15 is 0 Å². The zero-order chi connectivity index (χ0) is 21.2. The Bertz CT molecular complexity index is 950. The minimum atomic E-state index is -0.184. The lowest BCUT2D eigenvalue weighted by molar-refractivity contribution is -0.112. The summed E-state index contributed by atoms with van der Waals surface area (Å²) in [5.41, 5.74) is 2.53. The Balaban J connectivity index is 1.19. The molecule has 4 nitrogen and oxygen atoms in total. The van der Waals surface area contributed by atoms with Crippen molar-refractivity contribution in [2.75, 3.05) is 32.7 Å². The Morgan fingerprint density at radius 1 is 1.13 bits per heavy atom. The van der Waals surface area contributed by atoms with Crippen LogP contribution >= 0.6 is 0 Å². The van der Waals surface area contributed by atoms with E-state index in [0.29, 0.717) is 17.4 Å². The average Bonchev–Trinajstić information content (AvgIpc) is 3.42. The van der Waals surface area contributed by atoms with Gasteiger partial charge in [0, 0.05) is 44.2 Å². The summed E-state index contributed by atoms with van der Waals surface area (Å²) >= 11 is 0. The van der Waals surface area contributed by atoms with Gasteiger partial charge in [-0.15, -0.1) is 0 Å². The molecule has 0 amide bonds. The van der Waals surface area contributed by atoms with Gasteiger partial charge >= 0.3 is 0 Å². The first-order valence-corrected chi connectivity index (χ1v) is 12.6. The molecule has 7 rings (SSSR count). The molecule has 5 aliphatic rings. The summed E-state index contributed by atoms with van der Waals surface area (Å²) < 4.78 is 16.4. The fourth-order valence-corrected chi connectivity index (χ4v) is 7.51. The van der Waals surface area contributed by atoms with Gasteiger partial charge in [0.25, 0.3) is 0 Å². The zero-order valence-electron chi connectivity index (χ0n) is 19.1. The van der Waals surface area contributed by atoms with Crippen LogP contribution in [0.15, 0.2) is 18.2 Å². The Morgan fingerprint density at radius 2 is 1.97 bits per heavy atom. The summed E-state index contributed by atoms with van der Waals surface area (Å²) in [5, 5.41) is 3.49. The summed E-state index contributed by atoms with van der Waals surface area (Å²) in [6.07, 6.45) is 7.85. The highest BCUT2D eigenvalue weighted by Gasteiger charge is 2.54. The largest absolute Gasteiger partial charge is 0.324 e. The highest BCUT2D eigenvalue weighted by atomic mass is 19.1. The van der Waals surface area contributed by atoms with Gasteiger partial charge in [0.1, 0.15) is 11.6 Å². The number of piperidine rings is 1. The molecule has 1 aromatic heterocycles. The second-order valence-electron chi connectivity index (χ2n) is 11.4. The minimum Gasteiger partial charge on any atom is -0.324 e. The summed E-state index contributed by atoms with van der Waals surface area (Å²) in [6.45, 7) is 10.7. The van der Waals surface area contributed by atoms with Crippen molar-refractivity contribution < 1.29 is 4.39 Å². The van der Waals surface area contributed by atoms with Gasteiger partial charge in [0.15, 0.2) is 0 Å². The van der Waals surface area contributed by atoms with Crippen LogP contribution in [0.3, 0.4) is 0 Å². The first-order chi connectivity index (χ1) is 15.0. The van der Waals surface area contributed by atoms with Crippen molar-refractivity contribution in [3.05, 3.63) is 29.8 Å². The maximum absolute atomic E-state index is 13.9. The molecule has 4 atom stereocenters. The van der Waals surface area contributed by atoms with E-state index in [2.05, 4.69) is 28.6 Å². The number of imidazole rings is 1. The summed E-state index contributed by atoms with van der Waals surface area (Å²) in [7, 11) is 0. The highest BCUT2D eigenvalue weighted by molar-refractivity contribution is 5.76. The fourth-order valence-electron chi connectivity index (χ4n) is 7.51. The fraction of sp³-hybridized carbons (Fsp3) is 0.731. The molecule has 5 heteroatoms. The number of hydrogen-bond donors (Lipinski definition) is 1. The molecule has 2 aromatic rings. The first-order valence-electron chi connectivity index (χ1n) is 12.6. The number of fused-ring (bicyclic) bond motifs is 3. The van der Waals surface area contributed by atoms with Crippen LogP contribution in [0.5, 0.6) is 0 Å². The third-order valence-corrected chi connectivity index (χ3v) is 9.52. The Labute approximate surface area is 185 Å². The van der Waals surface area contributed by atoms with Crippen LogP contribution in [0.2, 0.25) is 0 Å². The second-order valence-corrected chi connectivity index (χ2v) is 11.4. The molecule has 168 valence electrons. The summed E-state index contributed by atoms with van der Waals surface area (Å²) in [6, 6.07) is 5.65. The molecule has 31 heavy (non-hydrogen) atoms. The number of halogens is 1. The number of likely N-dealkylation sites (tertiary alicyclic amines) is 1. The van der Waals surface area contributed by atoms with Crippen LogP contribution in [0.4, 0.5) is 4.39 Å². The number of aromatic nitrogens is 2. The van der Waals surface area contributed by atoms with Gasteiger partial charge < -0.3 is 14.8 Å². The number of nitrogens with one attached hydrogen (secondary N) is 1. The quantitative estimate of drug-likeness (QED) is 0.753. The van der Waals surface area contributed by atoms with E-state index in [1.807, 2.05) is 6.07 Å². The molecule has 3 saturated carbocycles. The molecular formula is C26H37FN4. The molecule has 1 aromatic carbocycles. The normalized spacial score (nSPS) is 33.6. The highest BCUT2D eigenvalue weighted by Crippen LogP contribution is 2.61. The summed E-state index contributed by atoms with van der Waals surface area (Å²) in [5.74, 6) is 4.27. The lowest BCUT2D eigenvalue weighted by Crippen LogP contribution is -2.55. The monoisotopic (exact) mass is 424 g/mol. The molecule has 2 bridgehead atoms. The van der Waals surface area contributed by atoms with Crippen LogP contribution < -0.4 is 5.32 Å². The minimum absolute atomic E-state index is 0.184. The van der Waals surface area contributed by atoms with Gasteiger partial charge in [0.05, 0.1) is 11.0 Å². The third-order valence-electron chi connectivity index (χ3n) is 9.52. The number of benzene rings is 1. The zero-order valence-corrected chi connectivity index (χ0v) is 19.1. The Kier molecular flexibility index (Phi) is 4.91. The van der Waals surface area contributed by atoms with Crippen molar-refractivity contribution >= 4 is 11.0 Å². The molecule has 3 heterocycles. The van der Waals surface area contributed by atoms with Crippen molar-refractivity contribution in [1.29, 1.82) is 0 Å². The van der Waals surface area contributed by atoms with Crippen LogP contribution in [-0.4, -0.2) is 47.2 Å². The molecule has 1 N–H and O–H groups in total. The lowest BCUT2D eigenvalue weighted by atomic mass is 9.45. The smallest absolute Gasteiger partial charge is 0.125 e. The number of rotatable bonds is 4. The van der Waals surface area contributed by atoms with Crippen LogP contribution in [0.25, 0.3) is 11.0 Å². The molecule has 2 aliphatic heterocycles. The van der Waals surface area contributed by atoms with E-state index in [9.17, 15) is 4.39 Å². The predicted octanol–water partition coefficient (Wildman–Crippen LogP) is 4.96. The lowest BCUT2D eigenvalue weighted by Gasteiger charge is -2.61. The summed E-state index contributed by atoms with van der Waals surface area (Å²) in [4.78, 5) is 7.69. The number of hydrogen-bond acceptors (Lipinski definition) is 3. The van der Waals surface area contributed by atoms with E-state index in [1.165, 1.54) is 57.6 Å². The molecule has 5 fully saturated rings. The molecular weight excluding hydrogens is 387 g/mol. The first kappa shape index (κ1) is 20.2. The standard InChI is InChI=1S/C26H37FN4/c1-26(2)19-4-3-18(22(26)13-19)16-30-11-8-21(9-12-30)31-24-6-5-20(27)14-23(24)29-25(31)17-7-10-28-15-17/h5-6,14,17-19,21-22,28H,3-4,7-13,15-16H2,1-2H3/t17-,18+,19+,22-/m1/s1. The second kappa shape index (κ2) is 7.55. The molecule has 3 aliphatic carbocycles. The molecule has 0 unspecified atom stereocenters. The van der Waals surface area contributed by atoms with E-state index < -0.39 is 0 Å². The Hall–Kier alpha value is -1.46.